The van der Waals surface area contributed by atoms with E-state index in [9.17, 15) is 14.7 Å². The first-order valence-electron chi connectivity index (χ1n) is 13.2. The zero-order valence-corrected chi connectivity index (χ0v) is 23.9. The molecule has 1 aliphatic rings. The molecule has 1 atom stereocenters. The number of anilines is 1. The summed E-state index contributed by atoms with van der Waals surface area (Å²) in [4.78, 5) is 28.4. The first-order valence-corrected chi connectivity index (χ1v) is 15.0. The van der Waals surface area contributed by atoms with Crippen LogP contribution in [0, 0.1) is 0 Å². The van der Waals surface area contributed by atoms with Crippen LogP contribution in [0.2, 0.25) is 0 Å². The van der Waals surface area contributed by atoms with Gasteiger partial charge in [0.05, 0.1) is 11.6 Å². The summed E-state index contributed by atoms with van der Waals surface area (Å²) in [7, 11) is 0. The number of thioether (sulfide) groups is 1. The maximum absolute atomic E-state index is 13.6. The molecule has 9 heteroatoms. The summed E-state index contributed by atoms with van der Waals surface area (Å²) in [5.41, 5.74) is 3.17. The van der Waals surface area contributed by atoms with Gasteiger partial charge in [-0.15, -0.1) is 10.2 Å². The molecule has 1 saturated heterocycles. The van der Waals surface area contributed by atoms with Crippen LogP contribution in [0.15, 0.2) is 125 Å². The third kappa shape index (κ3) is 5.83. The van der Waals surface area contributed by atoms with Gasteiger partial charge in [-0.05, 0) is 28.8 Å². The van der Waals surface area contributed by atoms with Crippen molar-refractivity contribution in [2.24, 2.45) is 0 Å². The van der Waals surface area contributed by atoms with E-state index >= 15 is 0 Å². The van der Waals surface area contributed by atoms with Gasteiger partial charge in [-0.3, -0.25) is 14.5 Å². The van der Waals surface area contributed by atoms with E-state index in [-0.39, 0.29) is 16.5 Å². The van der Waals surface area contributed by atoms with Crippen molar-refractivity contribution in [1.29, 1.82) is 0 Å². The van der Waals surface area contributed by atoms with E-state index in [4.69, 9.17) is 4.74 Å². The highest BCUT2D eigenvalue weighted by Crippen LogP contribution is 2.44. The van der Waals surface area contributed by atoms with Crippen molar-refractivity contribution in [2.45, 2.75) is 22.7 Å². The van der Waals surface area contributed by atoms with E-state index in [2.05, 4.69) is 10.2 Å². The molecule has 1 fully saturated rings. The predicted octanol–water partition coefficient (Wildman–Crippen LogP) is 7.04. The van der Waals surface area contributed by atoms with Crippen LogP contribution in [0.3, 0.4) is 0 Å². The molecule has 6 rings (SSSR count). The Hall–Kier alpha value is -4.73. The third-order valence-corrected chi connectivity index (χ3v) is 8.85. The fourth-order valence-electron chi connectivity index (χ4n) is 4.69. The lowest BCUT2D eigenvalue weighted by Gasteiger charge is -2.23. The molecule has 1 aliphatic heterocycles. The minimum Gasteiger partial charge on any atom is -0.507 e. The van der Waals surface area contributed by atoms with Crippen molar-refractivity contribution in [2.75, 3.05) is 4.90 Å². The Kier molecular flexibility index (Phi) is 8.12. The molecular weight excluding hydrogens is 567 g/mol. The molecule has 5 aromatic rings. The summed E-state index contributed by atoms with van der Waals surface area (Å²) >= 11 is 2.74. The number of amides is 1. The molecule has 42 heavy (non-hydrogen) atoms. The van der Waals surface area contributed by atoms with Gasteiger partial charge in [0.15, 0.2) is 4.34 Å². The Balaban J connectivity index is 1.36. The first-order chi connectivity index (χ1) is 20.6. The van der Waals surface area contributed by atoms with Gasteiger partial charge in [-0.25, -0.2) is 0 Å². The highest BCUT2D eigenvalue weighted by molar-refractivity contribution is 8.00. The molecule has 208 valence electrons. The molecule has 0 spiro atoms. The van der Waals surface area contributed by atoms with E-state index in [1.54, 1.807) is 36.4 Å². The van der Waals surface area contributed by atoms with Crippen molar-refractivity contribution in [3.63, 3.8) is 0 Å². The Morgan fingerprint density at radius 2 is 1.50 bits per heavy atom. The predicted molar refractivity (Wildman–Crippen MR) is 164 cm³/mol. The highest BCUT2D eigenvalue weighted by atomic mass is 32.2. The van der Waals surface area contributed by atoms with Gasteiger partial charge in [-0.2, -0.15) is 0 Å². The number of aromatic nitrogens is 2. The Bertz CT molecular complexity index is 1740. The molecule has 7 nitrogen and oxygen atoms in total. The summed E-state index contributed by atoms with van der Waals surface area (Å²) in [6, 6.07) is 34.8. The minimum absolute atomic E-state index is 0.0138. The Labute approximate surface area is 251 Å². The number of Topliss-reactive ketones (excluding diaryl/α,β-unsaturated/α-hetero) is 1. The van der Waals surface area contributed by atoms with Gasteiger partial charge < -0.3 is 9.84 Å². The van der Waals surface area contributed by atoms with Crippen molar-refractivity contribution >= 4 is 45.7 Å². The zero-order valence-electron chi connectivity index (χ0n) is 22.3. The molecule has 0 aliphatic carbocycles. The summed E-state index contributed by atoms with van der Waals surface area (Å²) in [5.74, 6) is -0.556. The van der Waals surface area contributed by atoms with Gasteiger partial charge in [-0.1, -0.05) is 126 Å². The molecule has 0 radical (unpaired) electrons. The summed E-state index contributed by atoms with van der Waals surface area (Å²) in [6.45, 7) is 0.354. The standard InChI is InChI=1S/C33H25N3O4S2/c37-29(24-15-8-3-9-16-24)27-28(25-17-10-18-26(19-25)40-20-22-11-4-1-5-12-22)36(31(39)30(27)38)32-34-35-33(42-32)41-21-23-13-6-2-7-14-23/h1-19,28,37H,20-21H2/b29-27+. The molecule has 4 aromatic carbocycles. The third-order valence-electron chi connectivity index (χ3n) is 6.72. The number of carbonyl (C=O) groups is 2. The SMILES string of the molecule is O=C1C(=O)N(c2nnc(SCc3ccccc3)s2)C(c2cccc(OCc3ccccc3)c2)/C1=C(\O)c1ccccc1. The first kappa shape index (κ1) is 27.4. The number of ketones is 1. The van der Waals surface area contributed by atoms with Crippen LogP contribution in [0.5, 0.6) is 5.75 Å². The molecule has 0 bridgehead atoms. The summed E-state index contributed by atoms with van der Waals surface area (Å²) in [5, 5.41) is 20.2. The number of aliphatic hydroxyl groups excluding tert-OH is 1. The monoisotopic (exact) mass is 591 g/mol. The van der Waals surface area contributed by atoms with E-state index in [0.717, 1.165) is 11.1 Å². The van der Waals surface area contributed by atoms with E-state index in [1.807, 2.05) is 78.9 Å². The summed E-state index contributed by atoms with van der Waals surface area (Å²) < 4.78 is 6.71. The van der Waals surface area contributed by atoms with Crippen molar-refractivity contribution in [1.82, 2.24) is 10.2 Å². The smallest absolute Gasteiger partial charge is 0.301 e. The number of aliphatic hydroxyl groups is 1. The van der Waals surface area contributed by atoms with Crippen molar-refractivity contribution in [3.05, 3.63) is 143 Å². The molecule has 0 saturated carbocycles. The second-order valence-electron chi connectivity index (χ2n) is 9.51. The molecule has 1 unspecified atom stereocenters. The maximum Gasteiger partial charge on any atom is 0.301 e. The van der Waals surface area contributed by atoms with Crippen LogP contribution in [0.4, 0.5) is 5.13 Å². The van der Waals surface area contributed by atoms with Crippen molar-refractivity contribution < 1.29 is 19.4 Å². The van der Waals surface area contributed by atoms with Gasteiger partial charge >= 0.3 is 5.91 Å². The molecule has 2 heterocycles. The van der Waals surface area contributed by atoms with Crippen LogP contribution in [0.25, 0.3) is 5.76 Å². The molecule has 1 N–H and O–H groups in total. The lowest BCUT2D eigenvalue weighted by atomic mass is 9.95. The van der Waals surface area contributed by atoms with Gasteiger partial charge in [0.1, 0.15) is 18.1 Å². The molecular formula is C33H25N3O4S2. The number of benzene rings is 4. The topological polar surface area (TPSA) is 92.6 Å². The van der Waals surface area contributed by atoms with Crippen molar-refractivity contribution in [3.8, 4) is 5.75 Å². The fraction of sp³-hybridized carbons (Fsp3) is 0.0909. The van der Waals surface area contributed by atoms with Gasteiger partial charge in [0.2, 0.25) is 5.13 Å². The van der Waals surface area contributed by atoms with Crippen LogP contribution in [0.1, 0.15) is 28.3 Å². The van der Waals surface area contributed by atoms with Crippen LogP contribution in [-0.2, 0) is 21.9 Å². The van der Waals surface area contributed by atoms with E-state index < -0.39 is 17.7 Å². The van der Waals surface area contributed by atoms with Crippen LogP contribution in [-0.4, -0.2) is 27.0 Å². The largest absolute Gasteiger partial charge is 0.507 e. The van der Waals surface area contributed by atoms with Crippen LogP contribution >= 0.6 is 23.1 Å². The average Bonchev–Trinajstić information content (AvgIpc) is 3.62. The Morgan fingerprint density at radius 1 is 0.833 bits per heavy atom. The number of ether oxygens (including phenoxy) is 1. The number of nitrogens with zero attached hydrogens (tertiary/aromatic N) is 3. The number of carbonyl (C=O) groups excluding carboxylic acids is 2. The molecule has 1 amide bonds. The lowest BCUT2D eigenvalue weighted by Crippen LogP contribution is -2.29. The quantitative estimate of drug-likeness (QED) is 0.0646. The van der Waals surface area contributed by atoms with Crippen LogP contribution < -0.4 is 9.64 Å². The fourth-order valence-corrected chi connectivity index (χ4v) is 6.51. The maximum atomic E-state index is 13.6. The van der Waals surface area contributed by atoms with Gasteiger partial charge in [0, 0.05) is 11.3 Å². The highest BCUT2D eigenvalue weighted by Gasteiger charge is 2.48. The number of rotatable bonds is 9. The average molecular weight is 592 g/mol. The second kappa shape index (κ2) is 12.4. The Morgan fingerprint density at radius 3 is 2.21 bits per heavy atom. The second-order valence-corrected chi connectivity index (χ2v) is 11.7. The van der Waals surface area contributed by atoms with E-state index in [1.165, 1.54) is 28.0 Å². The zero-order chi connectivity index (χ0) is 28.9. The lowest BCUT2D eigenvalue weighted by molar-refractivity contribution is -0.132. The number of hydrogen-bond acceptors (Lipinski definition) is 8. The van der Waals surface area contributed by atoms with E-state index in [0.29, 0.717) is 33.6 Å². The molecule has 1 aromatic heterocycles. The minimum atomic E-state index is -0.926. The summed E-state index contributed by atoms with van der Waals surface area (Å²) in [6.07, 6.45) is 0. The number of hydrogen-bond donors (Lipinski definition) is 1. The van der Waals surface area contributed by atoms with Gasteiger partial charge in [0.25, 0.3) is 5.78 Å². The normalized spacial score (nSPS) is 16.1.